The molecule has 0 spiro atoms. The average molecular weight is 185 g/mol. The smallest absolute Gasteiger partial charge is 0.00952 e. The van der Waals surface area contributed by atoms with Crippen LogP contribution in [0.15, 0.2) is 0 Å². The van der Waals surface area contributed by atoms with Crippen molar-refractivity contribution in [3.8, 4) is 0 Å². The van der Waals surface area contributed by atoms with Crippen molar-refractivity contribution >= 4 is 11.8 Å². The van der Waals surface area contributed by atoms with Crippen molar-refractivity contribution in [2.45, 2.75) is 43.4 Å². The first-order valence-corrected chi connectivity index (χ1v) is 6.46. The lowest BCUT2D eigenvalue weighted by Gasteiger charge is -2.41. The summed E-state index contributed by atoms with van der Waals surface area (Å²) >= 11 is 2.06. The maximum atomic E-state index is 2.72. The van der Waals surface area contributed by atoms with Crippen LogP contribution < -0.4 is 0 Å². The van der Waals surface area contributed by atoms with Gasteiger partial charge in [0.1, 0.15) is 0 Å². The van der Waals surface area contributed by atoms with Crippen LogP contribution in [0.5, 0.6) is 0 Å². The van der Waals surface area contributed by atoms with Gasteiger partial charge in [-0.15, -0.1) is 0 Å². The second-order valence-corrected chi connectivity index (χ2v) is 5.19. The summed E-state index contributed by atoms with van der Waals surface area (Å²) in [6, 6.07) is 0.979. The largest absolute Gasteiger partial charge is 0.300 e. The van der Waals surface area contributed by atoms with Gasteiger partial charge in [0.2, 0.25) is 0 Å². The molecule has 0 radical (unpaired) electrons. The minimum Gasteiger partial charge on any atom is -0.300 e. The Morgan fingerprint density at radius 1 is 1.08 bits per heavy atom. The van der Waals surface area contributed by atoms with Gasteiger partial charge in [-0.1, -0.05) is 6.42 Å². The molecule has 0 unspecified atom stereocenters. The maximum Gasteiger partial charge on any atom is 0.00952 e. The minimum atomic E-state index is 0.960. The highest BCUT2D eigenvalue weighted by Gasteiger charge is 2.28. The zero-order valence-corrected chi connectivity index (χ0v) is 8.78. The standard InChI is InChI=1S/C10H19NS/c1-12-10-5-7-11(8-6-10)9-3-2-4-9/h9-10H,2-8H2,1H3. The van der Waals surface area contributed by atoms with Crippen LogP contribution in [0.25, 0.3) is 0 Å². The highest BCUT2D eigenvalue weighted by Crippen LogP contribution is 2.29. The van der Waals surface area contributed by atoms with Crippen LogP contribution in [-0.4, -0.2) is 35.5 Å². The fourth-order valence-corrected chi connectivity index (χ4v) is 2.91. The van der Waals surface area contributed by atoms with E-state index in [0.717, 1.165) is 11.3 Å². The van der Waals surface area contributed by atoms with E-state index in [-0.39, 0.29) is 0 Å². The molecule has 70 valence electrons. The van der Waals surface area contributed by atoms with Gasteiger partial charge in [-0.3, -0.25) is 0 Å². The molecular weight excluding hydrogens is 166 g/mol. The zero-order chi connectivity index (χ0) is 8.39. The number of likely N-dealkylation sites (tertiary alicyclic amines) is 1. The van der Waals surface area contributed by atoms with Gasteiger partial charge in [0, 0.05) is 11.3 Å². The number of nitrogens with zero attached hydrogens (tertiary/aromatic N) is 1. The van der Waals surface area contributed by atoms with Crippen LogP contribution in [0.3, 0.4) is 0 Å². The summed E-state index contributed by atoms with van der Waals surface area (Å²) in [6.07, 6.45) is 9.54. The first kappa shape index (κ1) is 8.89. The lowest BCUT2D eigenvalue weighted by molar-refractivity contribution is 0.107. The molecule has 1 nitrogen and oxygen atoms in total. The second kappa shape index (κ2) is 4.01. The second-order valence-electron chi connectivity index (χ2n) is 4.06. The van der Waals surface area contributed by atoms with Crippen LogP contribution >= 0.6 is 11.8 Å². The van der Waals surface area contributed by atoms with Crippen molar-refractivity contribution in [1.29, 1.82) is 0 Å². The van der Waals surface area contributed by atoms with Crippen LogP contribution in [0.4, 0.5) is 0 Å². The summed E-state index contributed by atoms with van der Waals surface area (Å²) in [5.74, 6) is 0. The summed E-state index contributed by atoms with van der Waals surface area (Å²) in [5, 5.41) is 0.960. The molecule has 1 saturated carbocycles. The van der Waals surface area contributed by atoms with Crippen molar-refractivity contribution in [2.75, 3.05) is 19.3 Å². The zero-order valence-electron chi connectivity index (χ0n) is 7.96. The van der Waals surface area contributed by atoms with E-state index in [4.69, 9.17) is 0 Å². The Balaban J connectivity index is 1.74. The highest BCUT2D eigenvalue weighted by molar-refractivity contribution is 7.99. The number of rotatable bonds is 2. The lowest BCUT2D eigenvalue weighted by atomic mass is 9.90. The first-order chi connectivity index (χ1) is 5.90. The van der Waals surface area contributed by atoms with Gasteiger partial charge in [0.05, 0.1) is 0 Å². The Kier molecular flexibility index (Phi) is 2.97. The summed E-state index contributed by atoms with van der Waals surface area (Å²) in [4.78, 5) is 2.72. The Labute approximate surface area is 79.9 Å². The normalized spacial score (nSPS) is 28.8. The minimum absolute atomic E-state index is 0.960. The molecule has 1 aliphatic heterocycles. The molecule has 1 saturated heterocycles. The molecule has 0 aromatic carbocycles. The Bertz CT molecular complexity index is 137. The lowest BCUT2D eigenvalue weighted by Crippen LogP contribution is -2.45. The van der Waals surface area contributed by atoms with Crippen LogP contribution in [0.1, 0.15) is 32.1 Å². The topological polar surface area (TPSA) is 3.24 Å². The average Bonchev–Trinajstić information content (AvgIpc) is 2.03. The Morgan fingerprint density at radius 2 is 1.75 bits per heavy atom. The molecule has 2 aliphatic rings. The van der Waals surface area contributed by atoms with E-state index in [1.165, 1.54) is 45.2 Å². The van der Waals surface area contributed by atoms with Crippen LogP contribution in [0.2, 0.25) is 0 Å². The maximum absolute atomic E-state index is 2.72. The number of hydrogen-bond donors (Lipinski definition) is 0. The third-order valence-electron chi connectivity index (χ3n) is 3.40. The molecule has 1 heterocycles. The van der Waals surface area contributed by atoms with Crippen molar-refractivity contribution in [2.24, 2.45) is 0 Å². The van der Waals surface area contributed by atoms with Crippen LogP contribution in [-0.2, 0) is 0 Å². The molecule has 0 aromatic heterocycles. The molecule has 1 aliphatic carbocycles. The summed E-state index contributed by atoms with van der Waals surface area (Å²) in [5.41, 5.74) is 0. The highest BCUT2D eigenvalue weighted by atomic mass is 32.2. The molecule has 12 heavy (non-hydrogen) atoms. The first-order valence-electron chi connectivity index (χ1n) is 5.17. The third kappa shape index (κ3) is 1.80. The van der Waals surface area contributed by atoms with Gasteiger partial charge >= 0.3 is 0 Å². The molecule has 0 bridgehead atoms. The molecule has 2 heteroatoms. The van der Waals surface area contributed by atoms with E-state index in [1.807, 2.05) is 0 Å². The van der Waals surface area contributed by atoms with Crippen LogP contribution in [0, 0.1) is 0 Å². The SMILES string of the molecule is CSC1CCN(C2CCC2)CC1. The Hall–Kier alpha value is 0.310. The van der Waals surface area contributed by atoms with Crippen molar-refractivity contribution in [3.05, 3.63) is 0 Å². The summed E-state index contributed by atoms with van der Waals surface area (Å²) < 4.78 is 0. The van der Waals surface area contributed by atoms with Gasteiger partial charge in [-0.2, -0.15) is 11.8 Å². The molecule has 2 rings (SSSR count). The molecule has 2 fully saturated rings. The molecule has 0 aromatic rings. The number of hydrogen-bond acceptors (Lipinski definition) is 2. The van der Waals surface area contributed by atoms with Gasteiger partial charge in [-0.25, -0.2) is 0 Å². The van der Waals surface area contributed by atoms with E-state index in [1.54, 1.807) is 0 Å². The van der Waals surface area contributed by atoms with Crippen molar-refractivity contribution < 1.29 is 0 Å². The predicted octanol–water partition coefficient (Wildman–Crippen LogP) is 2.37. The summed E-state index contributed by atoms with van der Waals surface area (Å²) in [6.45, 7) is 2.74. The van der Waals surface area contributed by atoms with E-state index in [2.05, 4.69) is 22.9 Å². The van der Waals surface area contributed by atoms with E-state index < -0.39 is 0 Å². The number of thioether (sulfide) groups is 1. The Morgan fingerprint density at radius 3 is 2.17 bits per heavy atom. The quantitative estimate of drug-likeness (QED) is 0.650. The van der Waals surface area contributed by atoms with Gasteiger partial charge in [0.15, 0.2) is 0 Å². The fraction of sp³-hybridized carbons (Fsp3) is 1.00. The van der Waals surface area contributed by atoms with E-state index in [0.29, 0.717) is 0 Å². The monoisotopic (exact) mass is 185 g/mol. The molecule has 0 atom stereocenters. The van der Waals surface area contributed by atoms with Gasteiger partial charge < -0.3 is 4.90 Å². The third-order valence-corrected chi connectivity index (χ3v) is 4.54. The molecule has 0 N–H and O–H groups in total. The van der Waals surface area contributed by atoms with Gasteiger partial charge in [-0.05, 0) is 45.0 Å². The summed E-state index contributed by atoms with van der Waals surface area (Å²) in [7, 11) is 0. The fourth-order valence-electron chi connectivity index (χ4n) is 2.23. The van der Waals surface area contributed by atoms with Gasteiger partial charge in [0.25, 0.3) is 0 Å². The molecule has 0 amide bonds. The molecular formula is C10H19NS. The predicted molar refractivity (Wildman–Crippen MR) is 55.7 cm³/mol. The van der Waals surface area contributed by atoms with Crippen molar-refractivity contribution in [3.63, 3.8) is 0 Å². The van der Waals surface area contributed by atoms with E-state index in [9.17, 15) is 0 Å². The van der Waals surface area contributed by atoms with E-state index >= 15 is 0 Å². The van der Waals surface area contributed by atoms with Crippen molar-refractivity contribution in [1.82, 2.24) is 4.90 Å². The number of piperidine rings is 1.